The first kappa shape index (κ1) is 20.2. The van der Waals surface area contributed by atoms with Gasteiger partial charge < -0.3 is 4.74 Å². The standard InChI is InChI=1S/C23H32N2O/c1-3-5-7-8-10-20-11-13-21(14-12-20)24-25-22-15-17-23(18-16-22)26-19-9-6-4-2/h11-18H,3-10,19H2,1-2H3. The molecule has 0 saturated heterocycles. The van der Waals surface area contributed by atoms with Crippen molar-refractivity contribution in [3.8, 4) is 5.75 Å². The van der Waals surface area contributed by atoms with Gasteiger partial charge in [-0.25, -0.2) is 0 Å². The molecular weight excluding hydrogens is 320 g/mol. The molecule has 3 nitrogen and oxygen atoms in total. The van der Waals surface area contributed by atoms with Crippen molar-refractivity contribution in [1.82, 2.24) is 0 Å². The van der Waals surface area contributed by atoms with E-state index in [4.69, 9.17) is 4.74 Å². The van der Waals surface area contributed by atoms with Crippen molar-refractivity contribution in [3.05, 3.63) is 54.1 Å². The van der Waals surface area contributed by atoms with Crippen LogP contribution in [0.5, 0.6) is 5.75 Å². The van der Waals surface area contributed by atoms with Gasteiger partial charge in [0.1, 0.15) is 5.75 Å². The quantitative estimate of drug-likeness (QED) is 0.283. The second-order valence-electron chi connectivity index (χ2n) is 6.73. The van der Waals surface area contributed by atoms with E-state index in [0.717, 1.165) is 36.6 Å². The highest BCUT2D eigenvalue weighted by atomic mass is 16.5. The second-order valence-corrected chi connectivity index (χ2v) is 6.73. The van der Waals surface area contributed by atoms with Gasteiger partial charge in [-0.05, 0) is 61.2 Å². The zero-order valence-electron chi connectivity index (χ0n) is 16.3. The largest absolute Gasteiger partial charge is 0.494 e. The summed E-state index contributed by atoms with van der Waals surface area (Å²) in [5.74, 6) is 0.896. The van der Waals surface area contributed by atoms with Gasteiger partial charge in [0, 0.05) is 0 Å². The lowest BCUT2D eigenvalue weighted by molar-refractivity contribution is 0.306. The van der Waals surface area contributed by atoms with Gasteiger partial charge >= 0.3 is 0 Å². The van der Waals surface area contributed by atoms with E-state index in [9.17, 15) is 0 Å². The molecule has 0 bridgehead atoms. The van der Waals surface area contributed by atoms with Crippen molar-refractivity contribution in [2.45, 2.75) is 65.2 Å². The molecule has 2 rings (SSSR count). The first-order chi connectivity index (χ1) is 12.8. The zero-order chi connectivity index (χ0) is 18.5. The Morgan fingerprint density at radius 1 is 0.654 bits per heavy atom. The molecule has 0 aliphatic heterocycles. The summed E-state index contributed by atoms with van der Waals surface area (Å²) in [5.41, 5.74) is 3.11. The predicted octanol–water partition coefficient (Wildman–Crippen LogP) is 7.79. The van der Waals surface area contributed by atoms with Crippen LogP contribution in [0.25, 0.3) is 0 Å². The summed E-state index contributed by atoms with van der Waals surface area (Å²) in [6.45, 7) is 5.22. The summed E-state index contributed by atoms with van der Waals surface area (Å²) in [6, 6.07) is 16.2. The number of nitrogens with zero attached hydrogens (tertiary/aromatic N) is 2. The van der Waals surface area contributed by atoms with Gasteiger partial charge in [0.25, 0.3) is 0 Å². The Balaban J connectivity index is 1.79. The highest BCUT2D eigenvalue weighted by Gasteiger charge is 1.97. The second kappa shape index (κ2) is 12.2. The molecule has 0 aliphatic carbocycles. The molecule has 140 valence electrons. The molecule has 0 radical (unpaired) electrons. The van der Waals surface area contributed by atoms with Gasteiger partial charge in [0.05, 0.1) is 18.0 Å². The van der Waals surface area contributed by atoms with Gasteiger partial charge in [0.2, 0.25) is 0 Å². The van der Waals surface area contributed by atoms with Crippen molar-refractivity contribution in [1.29, 1.82) is 0 Å². The number of ether oxygens (including phenoxy) is 1. The van der Waals surface area contributed by atoms with Gasteiger partial charge in [-0.2, -0.15) is 10.2 Å². The van der Waals surface area contributed by atoms with E-state index in [1.54, 1.807) is 0 Å². The molecule has 0 N–H and O–H groups in total. The smallest absolute Gasteiger partial charge is 0.119 e. The highest BCUT2D eigenvalue weighted by molar-refractivity contribution is 5.43. The minimum atomic E-state index is 0.777. The Morgan fingerprint density at radius 3 is 1.85 bits per heavy atom. The summed E-state index contributed by atoms with van der Waals surface area (Å²) in [4.78, 5) is 0. The average molecular weight is 353 g/mol. The van der Waals surface area contributed by atoms with Crippen molar-refractivity contribution in [3.63, 3.8) is 0 Å². The SMILES string of the molecule is CCCCCCc1ccc(N=Nc2ccc(OCCCCC)cc2)cc1. The van der Waals surface area contributed by atoms with Crippen LogP contribution in [-0.4, -0.2) is 6.61 Å². The number of rotatable bonds is 12. The summed E-state index contributed by atoms with van der Waals surface area (Å²) < 4.78 is 5.71. The van der Waals surface area contributed by atoms with Crippen molar-refractivity contribution >= 4 is 11.4 Å². The maximum Gasteiger partial charge on any atom is 0.119 e. The van der Waals surface area contributed by atoms with Crippen LogP contribution in [0.2, 0.25) is 0 Å². The van der Waals surface area contributed by atoms with Gasteiger partial charge in [0.15, 0.2) is 0 Å². The Morgan fingerprint density at radius 2 is 1.23 bits per heavy atom. The Bertz CT molecular complexity index is 575. The normalized spacial score (nSPS) is 11.2. The van der Waals surface area contributed by atoms with E-state index in [1.807, 2.05) is 36.4 Å². The molecule has 0 amide bonds. The molecule has 0 spiro atoms. The number of hydrogen-bond acceptors (Lipinski definition) is 3. The number of benzene rings is 2. The lowest BCUT2D eigenvalue weighted by atomic mass is 10.1. The van der Waals surface area contributed by atoms with Crippen molar-refractivity contribution < 1.29 is 4.74 Å². The van der Waals surface area contributed by atoms with Crippen LogP contribution in [0.15, 0.2) is 58.8 Å². The Kier molecular flexibility index (Phi) is 9.48. The molecule has 0 heterocycles. The molecule has 26 heavy (non-hydrogen) atoms. The van der Waals surface area contributed by atoms with E-state index in [0.29, 0.717) is 0 Å². The third-order valence-corrected chi connectivity index (χ3v) is 4.39. The third kappa shape index (κ3) is 7.81. The molecule has 0 saturated carbocycles. The van der Waals surface area contributed by atoms with Crippen molar-refractivity contribution in [2.24, 2.45) is 10.2 Å². The van der Waals surface area contributed by atoms with E-state index in [2.05, 4.69) is 36.2 Å². The lowest BCUT2D eigenvalue weighted by Crippen LogP contribution is -1.96. The lowest BCUT2D eigenvalue weighted by Gasteiger charge is -2.05. The van der Waals surface area contributed by atoms with Gasteiger partial charge in [-0.1, -0.05) is 58.1 Å². The fourth-order valence-electron chi connectivity index (χ4n) is 2.75. The number of hydrogen-bond donors (Lipinski definition) is 0. The van der Waals surface area contributed by atoms with Crippen LogP contribution in [0.1, 0.15) is 64.4 Å². The van der Waals surface area contributed by atoms with Crippen LogP contribution < -0.4 is 4.74 Å². The van der Waals surface area contributed by atoms with Crippen molar-refractivity contribution in [2.75, 3.05) is 6.61 Å². The number of aryl methyl sites for hydroxylation is 1. The molecule has 2 aromatic carbocycles. The zero-order valence-corrected chi connectivity index (χ0v) is 16.3. The Hall–Kier alpha value is -2.16. The summed E-state index contributed by atoms with van der Waals surface area (Å²) >= 11 is 0. The molecule has 2 aromatic rings. The molecule has 0 fully saturated rings. The Labute approximate surface area is 158 Å². The topological polar surface area (TPSA) is 34.0 Å². The van der Waals surface area contributed by atoms with Crippen LogP contribution >= 0.6 is 0 Å². The highest BCUT2D eigenvalue weighted by Crippen LogP contribution is 2.22. The van der Waals surface area contributed by atoms with E-state index in [-0.39, 0.29) is 0 Å². The molecule has 3 heteroatoms. The minimum absolute atomic E-state index is 0.777. The number of unbranched alkanes of at least 4 members (excludes halogenated alkanes) is 5. The summed E-state index contributed by atoms with van der Waals surface area (Å²) in [5, 5.41) is 8.64. The third-order valence-electron chi connectivity index (χ3n) is 4.39. The first-order valence-corrected chi connectivity index (χ1v) is 10.1. The molecule has 0 atom stereocenters. The van der Waals surface area contributed by atoms with E-state index < -0.39 is 0 Å². The van der Waals surface area contributed by atoms with Crippen LogP contribution in [0.3, 0.4) is 0 Å². The molecule has 0 unspecified atom stereocenters. The number of azo groups is 1. The first-order valence-electron chi connectivity index (χ1n) is 10.1. The van der Waals surface area contributed by atoms with Crippen LogP contribution in [-0.2, 0) is 6.42 Å². The average Bonchev–Trinajstić information content (AvgIpc) is 2.69. The predicted molar refractivity (Wildman–Crippen MR) is 110 cm³/mol. The fourth-order valence-corrected chi connectivity index (χ4v) is 2.75. The molecule has 0 aromatic heterocycles. The van der Waals surface area contributed by atoms with Crippen LogP contribution in [0.4, 0.5) is 11.4 Å². The molecule has 0 aliphatic rings. The summed E-state index contributed by atoms with van der Waals surface area (Å²) in [7, 11) is 0. The monoisotopic (exact) mass is 352 g/mol. The summed E-state index contributed by atoms with van der Waals surface area (Å²) in [6.07, 6.45) is 9.87. The van der Waals surface area contributed by atoms with Gasteiger partial charge in [-0.3, -0.25) is 0 Å². The minimum Gasteiger partial charge on any atom is -0.494 e. The fraction of sp³-hybridized carbons (Fsp3) is 0.478. The maximum atomic E-state index is 5.71. The van der Waals surface area contributed by atoms with E-state index >= 15 is 0 Å². The van der Waals surface area contributed by atoms with Gasteiger partial charge in [-0.15, -0.1) is 0 Å². The maximum absolute atomic E-state index is 5.71. The van der Waals surface area contributed by atoms with E-state index in [1.165, 1.54) is 44.1 Å². The van der Waals surface area contributed by atoms with Crippen LogP contribution in [0, 0.1) is 0 Å². The molecular formula is C23H32N2O.